The van der Waals surface area contributed by atoms with Crippen LogP contribution in [0.15, 0.2) is 18.2 Å². The van der Waals surface area contributed by atoms with Crippen molar-refractivity contribution in [1.82, 2.24) is 5.32 Å². The van der Waals surface area contributed by atoms with E-state index in [1.54, 1.807) is 0 Å². The van der Waals surface area contributed by atoms with Crippen molar-refractivity contribution in [1.29, 1.82) is 0 Å². The predicted molar refractivity (Wildman–Crippen MR) is 81.9 cm³/mol. The first-order chi connectivity index (χ1) is 9.75. The molecule has 1 saturated heterocycles. The molecule has 1 amide bonds. The van der Waals surface area contributed by atoms with Crippen molar-refractivity contribution >= 4 is 11.6 Å². The summed E-state index contributed by atoms with van der Waals surface area (Å²) in [6.07, 6.45) is 6.85. The summed E-state index contributed by atoms with van der Waals surface area (Å²) in [7, 11) is 0. The van der Waals surface area contributed by atoms with E-state index in [0.717, 1.165) is 37.9 Å². The van der Waals surface area contributed by atoms with E-state index < -0.39 is 0 Å². The number of amides is 1. The second kappa shape index (κ2) is 5.96. The number of fused-ring (bicyclic) bond motifs is 1. The summed E-state index contributed by atoms with van der Waals surface area (Å²) in [6, 6.07) is 6.61. The van der Waals surface area contributed by atoms with Crippen LogP contribution in [0.1, 0.15) is 43.7 Å². The van der Waals surface area contributed by atoms with Crippen molar-refractivity contribution in [3.8, 4) is 0 Å². The summed E-state index contributed by atoms with van der Waals surface area (Å²) in [5.41, 5.74) is 3.83. The molecule has 1 aromatic rings. The van der Waals surface area contributed by atoms with Crippen LogP contribution >= 0.6 is 0 Å². The van der Waals surface area contributed by atoms with Crippen molar-refractivity contribution in [3.05, 3.63) is 29.3 Å². The lowest BCUT2D eigenvalue weighted by atomic mass is 9.89. The molecule has 0 radical (unpaired) electrons. The van der Waals surface area contributed by atoms with Gasteiger partial charge in [0, 0.05) is 11.7 Å². The van der Waals surface area contributed by atoms with Crippen LogP contribution in [0.4, 0.5) is 5.69 Å². The summed E-state index contributed by atoms with van der Waals surface area (Å²) in [5.74, 6) is 0.284. The van der Waals surface area contributed by atoms with Gasteiger partial charge in [0.1, 0.15) is 0 Å². The van der Waals surface area contributed by atoms with Gasteiger partial charge in [-0.25, -0.2) is 0 Å². The fraction of sp³-hybridized carbons (Fsp3) is 0.588. The van der Waals surface area contributed by atoms with Crippen molar-refractivity contribution < 1.29 is 4.79 Å². The Morgan fingerprint density at radius 2 is 2.10 bits per heavy atom. The van der Waals surface area contributed by atoms with E-state index in [9.17, 15) is 4.79 Å². The maximum Gasteiger partial charge on any atom is 0.229 e. The molecular weight excluding hydrogens is 248 g/mol. The van der Waals surface area contributed by atoms with Gasteiger partial charge in [0.15, 0.2) is 0 Å². The number of rotatable bonds is 2. The van der Waals surface area contributed by atoms with Gasteiger partial charge in [-0.15, -0.1) is 0 Å². The zero-order valence-electron chi connectivity index (χ0n) is 12.2. The molecule has 0 aromatic heterocycles. The molecule has 1 heterocycles. The molecule has 3 heteroatoms. The zero-order valence-corrected chi connectivity index (χ0v) is 12.2. The molecule has 0 spiro atoms. The highest BCUT2D eigenvalue weighted by atomic mass is 16.1. The van der Waals surface area contributed by atoms with Crippen LogP contribution in [0, 0.1) is 5.92 Å². The first kappa shape index (κ1) is 13.6. The largest absolute Gasteiger partial charge is 0.326 e. The number of benzene rings is 1. The Hall–Kier alpha value is -1.35. The van der Waals surface area contributed by atoms with Crippen LogP contribution in [-0.2, 0) is 17.6 Å². The molecule has 108 valence electrons. The number of aryl methyl sites for hydroxylation is 1. The van der Waals surface area contributed by atoms with Gasteiger partial charge in [-0.3, -0.25) is 4.79 Å². The summed E-state index contributed by atoms with van der Waals surface area (Å²) in [6.45, 7) is 3.15. The van der Waals surface area contributed by atoms with E-state index in [0.29, 0.717) is 0 Å². The van der Waals surface area contributed by atoms with E-state index in [1.165, 1.54) is 24.0 Å². The highest BCUT2D eigenvalue weighted by Gasteiger charge is 2.28. The van der Waals surface area contributed by atoms with E-state index in [4.69, 9.17) is 0 Å². The first-order valence-corrected chi connectivity index (χ1v) is 7.91. The van der Waals surface area contributed by atoms with Gasteiger partial charge >= 0.3 is 0 Å². The average molecular weight is 272 g/mol. The van der Waals surface area contributed by atoms with Crippen LogP contribution in [0.5, 0.6) is 0 Å². The molecule has 0 saturated carbocycles. The molecule has 1 aliphatic carbocycles. The number of nitrogens with one attached hydrogen (secondary N) is 2. The molecule has 2 N–H and O–H groups in total. The van der Waals surface area contributed by atoms with E-state index in [-0.39, 0.29) is 17.9 Å². The number of hydrogen-bond acceptors (Lipinski definition) is 2. The second-order valence-corrected chi connectivity index (χ2v) is 6.13. The van der Waals surface area contributed by atoms with Crippen LogP contribution in [-0.4, -0.2) is 18.5 Å². The molecule has 1 aromatic carbocycles. The first-order valence-electron chi connectivity index (χ1n) is 7.91. The van der Waals surface area contributed by atoms with Gasteiger partial charge in [0.25, 0.3) is 0 Å². The number of carbonyl (C=O) groups excluding carboxylic acids is 1. The normalized spacial score (nSPS) is 25.9. The Morgan fingerprint density at radius 3 is 2.95 bits per heavy atom. The third kappa shape index (κ3) is 2.73. The highest BCUT2D eigenvalue weighted by molar-refractivity contribution is 5.94. The molecular formula is C17H24N2O. The van der Waals surface area contributed by atoms with Crippen molar-refractivity contribution in [2.45, 2.75) is 51.5 Å². The third-order valence-corrected chi connectivity index (χ3v) is 4.75. The molecule has 1 fully saturated rings. The van der Waals surface area contributed by atoms with E-state index in [2.05, 4.69) is 35.8 Å². The maximum atomic E-state index is 12.5. The third-order valence-electron chi connectivity index (χ3n) is 4.75. The van der Waals surface area contributed by atoms with E-state index >= 15 is 0 Å². The van der Waals surface area contributed by atoms with Gasteiger partial charge in [0.2, 0.25) is 5.91 Å². The molecule has 2 aliphatic rings. The van der Waals surface area contributed by atoms with Gasteiger partial charge in [0.05, 0.1) is 5.92 Å². The number of hydrogen-bond donors (Lipinski definition) is 2. The fourth-order valence-electron chi connectivity index (χ4n) is 3.53. The minimum Gasteiger partial charge on any atom is -0.326 e. The Morgan fingerprint density at radius 1 is 1.25 bits per heavy atom. The Labute approximate surface area is 121 Å². The monoisotopic (exact) mass is 272 g/mol. The standard InChI is InChI=1S/C17H24N2O/c1-12-14(9-5-11-18-12)17(20)19-16-10-4-7-13-6-2-3-8-15(13)16/h4,7,10,12,14,18H,2-3,5-6,8-9,11H2,1H3,(H,19,20). The number of anilines is 1. The van der Waals surface area contributed by atoms with Crippen LogP contribution in [0.25, 0.3) is 0 Å². The van der Waals surface area contributed by atoms with Crippen molar-refractivity contribution in [2.75, 3.05) is 11.9 Å². The minimum atomic E-state index is 0.100. The summed E-state index contributed by atoms with van der Waals surface area (Å²) >= 11 is 0. The molecule has 1 aliphatic heterocycles. The van der Waals surface area contributed by atoms with Crippen molar-refractivity contribution in [3.63, 3.8) is 0 Å². The van der Waals surface area contributed by atoms with E-state index in [1.807, 2.05) is 0 Å². The zero-order chi connectivity index (χ0) is 13.9. The lowest BCUT2D eigenvalue weighted by Gasteiger charge is -2.29. The number of carbonyl (C=O) groups is 1. The summed E-state index contributed by atoms with van der Waals surface area (Å²) in [4.78, 5) is 12.5. The van der Waals surface area contributed by atoms with Crippen LogP contribution in [0.2, 0.25) is 0 Å². The van der Waals surface area contributed by atoms with Gasteiger partial charge in [-0.05, 0) is 69.2 Å². The van der Waals surface area contributed by atoms with Gasteiger partial charge < -0.3 is 10.6 Å². The van der Waals surface area contributed by atoms with Crippen LogP contribution in [0.3, 0.4) is 0 Å². The van der Waals surface area contributed by atoms with Crippen LogP contribution < -0.4 is 10.6 Å². The number of piperidine rings is 1. The second-order valence-electron chi connectivity index (χ2n) is 6.13. The molecule has 0 bridgehead atoms. The smallest absolute Gasteiger partial charge is 0.229 e. The predicted octanol–water partition coefficient (Wildman–Crippen LogP) is 2.89. The average Bonchev–Trinajstić information content (AvgIpc) is 2.48. The lowest BCUT2D eigenvalue weighted by molar-refractivity contribution is -0.121. The quantitative estimate of drug-likeness (QED) is 0.869. The molecule has 20 heavy (non-hydrogen) atoms. The SMILES string of the molecule is CC1NCCCC1C(=O)Nc1cccc2c1CCCC2. The summed E-state index contributed by atoms with van der Waals surface area (Å²) in [5, 5.41) is 6.59. The van der Waals surface area contributed by atoms with Gasteiger partial charge in [-0.2, -0.15) is 0 Å². The van der Waals surface area contributed by atoms with Gasteiger partial charge in [-0.1, -0.05) is 12.1 Å². The lowest BCUT2D eigenvalue weighted by Crippen LogP contribution is -2.44. The Kier molecular flexibility index (Phi) is 4.06. The fourth-order valence-corrected chi connectivity index (χ4v) is 3.53. The summed E-state index contributed by atoms with van der Waals surface area (Å²) < 4.78 is 0. The van der Waals surface area contributed by atoms with Crippen molar-refractivity contribution in [2.24, 2.45) is 5.92 Å². The Bertz CT molecular complexity index is 498. The molecule has 2 unspecified atom stereocenters. The molecule has 2 atom stereocenters. The maximum absolute atomic E-state index is 12.5. The topological polar surface area (TPSA) is 41.1 Å². The minimum absolute atomic E-state index is 0.100. The molecule has 3 nitrogen and oxygen atoms in total. The Balaban J connectivity index is 1.75. The molecule has 3 rings (SSSR count). The highest BCUT2D eigenvalue weighted by Crippen LogP contribution is 2.29.